The van der Waals surface area contributed by atoms with Gasteiger partial charge in [-0.3, -0.25) is 0 Å². The maximum Gasteiger partial charge on any atom is 0.261 e. The van der Waals surface area contributed by atoms with Crippen LogP contribution in [0.15, 0.2) is 243 Å². The van der Waals surface area contributed by atoms with Crippen LogP contribution in [0.1, 0.15) is 83.1 Å². The molecule has 6 atom stereocenters. The zero-order valence-corrected chi connectivity index (χ0v) is 54.0. The normalized spacial score (nSPS) is 19.7. The quantitative estimate of drug-likeness (QED) is 0.0917. The van der Waals surface area contributed by atoms with Crippen LogP contribution in [0.2, 0.25) is 20.2 Å². The molecule has 1 aliphatic carbocycles. The van der Waals surface area contributed by atoms with Gasteiger partial charge in [-0.05, 0) is 61.6 Å². The molecule has 6 nitrogen and oxygen atoms in total. The Labute approximate surface area is 489 Å². The van der Waals surface area contributed by atoms with Crippen LogP contribution >= 0.6 is 0 Å². The third-order valence-corrected chi connectivity index (χ3v) is 37.3. The van der Waals surface area contributed by atoms with Crippen molar-refractivity contribution >= 4 is 74.8 Å². The van der Waals surface area contributed by atoms with Gasteiger partial charge in [0.1, 0.15) is 36.6 Å². The Hall–Kier alpha value is -5.61. The fourth-order valence-corrected chi connectivity index (χ4v) is 32.3. The molecule has 1 N–H and O–H groups in total. The Morgan fingerprint density at radius 3 is 0.556 bits per heavy atom. The van der Waals surface area contributed by atoms with Gasteiger partial charge in [0.25, 0.3) is 33.3 Å². The molecule has 0 unspecified atom stereocenters. The number of aliphatic hydroxyl groups is 1. The molecule has 0 amide bonds. The van der Waals surface area contributed by atoms with E-state index in [2.05, 4.69) is 326 Å². The number of rotatable bonds is 17. The summed E-state index contributed by atoms with van der Waals surface area (Å²) in [6, 6.07) is 86.2. The van der Waals surface area contributed by atoms with E-state index in [1.165, 1.54) is 0 Å². The number of benzene rings is 8. The molecule has 0 radical (unpaired) electrons. The highest BCUT2D eigenvalue weighted by Gasteiger charge is 2.66. The van der Waals surface area contributed by atoms with E-state index in [-0.39, 0.29) is 0 Å². The molecule has 0 saturated heterocycles. The second-order valence-corrected chi connectivity index (χ2v) is 43.2. The summed E-state index contributed by atoms with van der Waals surface area (Å²) in [7, 11) is -12.5. The van der Waals surface area contributed by atoms with Gasteiger partial charge in [-0.1, -0.05) is 326 Å². The van der Waals surface area contributed by atoms with Crippen LogP contribution < -0.4 is 41.5 Å². The minimum atomic E-state index is -3.59. The highest BCUT2D eigenvalue weighted by Crippen LogP contribution is 2.49. The Balaban J connectivity index is 1.45. The average molecular weight is 1150 g/mol. The van der Waals surface area contributed by atoms with Crippen LogP contribution in [0.4, 0.5) is 0 Å². The van der Waals surface area contributed by atoms with Crippen molar-refractivity contribution in [2.45, 2.75) is 140 Å². The summed E-state index contributed by atoms with van der Waals surface area (Å²) in [5.74, 6) is 0. The second kappa shape index (κ2) is 23.9. The lowest BCUT2D eigenvalue weighted by Gasteiger charge is -2.59. The highest BCUT2D eigenvalue weighted by molar-refractivity contribution is 7.01. The van der Waals surface area contributed by atoms with E-state index in [1.807, 2.05) is 0 Å². The van der Waals surface area contributed by atoms with E-state index in [1.54, 1.807) is 7.11 Å². The summed E-state index contributed by atoms with van der Waals surface area (Å²) < 4.78 is 41.8. The summed E-state index contributed by atoms with van der Waals surface area (Å²) in [6.45, 7) is 27.7. The molecular weight excluding hydrogens is 1060 g/mol. The Morgan fingerprint density at radius 1 is 0.247 bits per heavy atom. The van der Waals surface area contributed by atoms with Crippen molar-refractivity contribution in [1.29, 1.82) is 0 Å². The van der Waals surface area contributed by atoms with E-state index in [0.29, 0.717) is 0 Å². The third-order valence-electron chi connectivity index (χ3n) is 17.2. The van der Waals surface area contributed by atoms with Gasteiger partial charge in [-0.25, -0.2) is 0 Å². The first-order valence-corrected chi connectivity index (χ1v) is 36.6. The molecule has 0 spiro atoms. The Bertz CT molecular complexity index is 3060. The number of hydrogen-bond donors (Lipinski definition) is 1. The standard InChI is InChI=1S/C71H86O6Si4/c1-68(2,3)78(54-38-22-14-23-39-54,55-40-24-15-25-41-55)74-63-62(72)64(75-79(69(4,5)6,56-42-26-16-27-43-56)57-44-28-17-29-45-57)66(76-80(70(7,8)9,58-46-30-18-31-47-58)59-48-32-19-33-49-59)67(65(63)73-13)77-81(71(10,11)12,60-50-34-20-35-51-60)61-52-36-21-37-53-61/h14-53,62-67,72H,1-13H3/t62-,63-,64+,65-,66-,67-/m1/s1. The molecular formula is C71H86O6Si4. The van der Waals surface area contributed by atoms with Crippen molar-refractivity contribution in [1.82, 2.24) is 0 Å². The highest BCUT2D eigenvalue weighted by atomic mass is 28.4. The van der Waals surface area contributed by atoms with Gasteiger partial charge >= 0.3 is 0 Å². The lowest BCUT2D eigenvalue weighted by molar-refractivity contribution is -0.212. The number of ether oxygens (including phenoxy) is 1. The number of aliphatic hydroxyl groups excluding tert-OH is 1. The average Bonchev–Trinajstić information content (AvgIpc) is 3.53. The molecule has 1 aliphatic rings. The van der Waals surface area contributed by atoms with Gasteiger partial charge < -0.3 is 27.5 Å². The predicted octanol–water partition coefficient (Wildman–Crippen LogP) is 11.2. The van der Waals surface area contributed by atoms with Crippen LogP contribution in [0, 0.1) is 0 Å². The van der Waals surface area contributed by atoms with Crippen molar-refractivity contribution in [3.8, 4) is 0 Å². The van der Waals surface area contributed by atoms with Crippen molar-refractivity contribution < 1.29 is 27.5 Å². The van der Waals surface area contributed by atoms with Crippen molar-refractivity contribution in [2.75, 3.05) is 7.11 Å². The van der Waals surface area contributed by atoms with Crippen LogP contribution in [-0.4, -0.2) is 82.1 Å². The third kappa shape index (κ3) is 11.0. The molecule has 10 heteroatoms. The van der Waals surface area contributed by atoms with Crippen molar-refractivity contribution in [3.05, 3.63) is 243 Å². The number of methoxy groups -OCH3 is 1. The van der Waals surface area contributed by atoms with Gasteiger partial charge in [0, 0.05) is 7.11 Å². The summed E-state index contributed by atoms with van der Waals surface area (Å²) >= 11 is 0. The van der Waals surface area contributed by atoms with Crippen LogP contribution in [0.25, 0.3) is 0 Å². The molecule has 0 heterocycles. The van der Waals surface area contributed by atoms with E-state index in [4.69, 9.17) is 22.4 Å². The van der Waals surface area contributed by atoms with E-state index >= 15 is 0 Å². The molecule has 81 heavy (non-hydrogen) atoms. The van der Waals surface area contributed by atoms with Gasteiger partial charge in [0.15, 0.2) is 0 Å². The number of hydrogen-bond acceptors (Lipinski definition) is 6. The topological polar surface area (TPSA) is 66.4 Å². The molecule has 0 bridgehead atoms. The molecule has 9 rings (SSSR count). The summed E-state index contributed by atoms with van der Waals surface area (Å²) in [5, 5.41) is 21.5. The van der Waals surface area contributed by atoms with Crippen molar-refractivity contribution in [3.63, 3.8) is 0 Å². The summed E-state index contributed by atoms with van der Waals surface area (Å²) in [6.07, 6.45) is -6.23. The smallest absolute Gasteiger partial charge is 0.261 e. The van der Waals surface area contributed by atoms with Gasteiger partial charge in [0.2, 0.25) is 0 Å². The lowest BCUT2D eigenvalue weighted by atomic mass is 9.85. The van der Waals surface area contributed by atoms with Gasteiger partial charge in [-0.2, -0.15) is 0 Å². The minimum Gasteiger partial charge on any atom is -0.399 e. The Morgan fingerprint density at radius 2 is 0.395 bits per heavy atom. The first-order valence-electron chi connectivity index (χ1n) is 28.9. The zero-order chi connectivity index (χ0) is 57.9. The first-order chi connectivity index (χ1) is 38.6. The fraction of sp³-hybridized carbons (Fsp3) is 0.324. The van der Waals surface area contributed by atoms with Crippen molar-refractivity contribution in [2.24, 2.45) is 0 Å². The summed E-state index contributed by atoms with van der Waals surface area (Å²) in [4.78, 5) is 0. The van der Waals surface area contributed by atoms with Crippen LogP contribution in [0.5, 0.6) is 0 Å². The van der Waals surface area contributed by atoms with Crippen LogP contribution in [-0.2, 0) is 22.4 Å². The van der Waals surface area contributed by atoms with Crippen LogP contribution in [0.3, 0.4) is 0 Å². The predicted molar refractivity (Wildman–Crippen MR) is 347 cm³/mol. The van der Waals surface area contributed by atoms with E-state index < -0.39 is 90.0 Å². The monoisotopic (exact) mass is 1150 g/mol. The second-order valence-electron chi connectivity index (χ2n) is 26.2. The molecule has 1 saturated carbocycles. The maximum absolute atomic E-state index is 14.7. The fourth-order valence-electron chi connectivity index (χ4n) is 13.5. The van der Waals surface area contributed by atoms with Gasteiger partial charge in [-0.15, -0.1) is 0 Å². The van der Waals surface area contributed by atoms with E-state index in [0.717, 1.165) is 41.5 Å². The van der Waals surface area contributed by atoms with E-state index in [9.17, 15) is 5.11 Å². The molecule has 0 aliphatic heterocycles. The molecule has 422 valence electrons. The lowest BCUT2D eigenvalue weighted by Crippen LogP contribution is -2.80. The maximum atomic E-state index is 14.7. The van der Waals surface area contributed by atoms with Gasteiger partial charge in [0.05, 0.1) is 0 Å². The Kier molecular flexibility index (Phi) is 17.7. The molecule has 8 aromatic carbocycles. The summed E-state index contributed by atoms with van der Waals surface area (Å²) in [5.41, 5.74) is 0. The largest absolute Gasteiger partial charge is 0.399 e. The molecule has 1 fully saturated rings. The minimum absolute atomic E-state index is 0.474. The SMILES string of the molecule is CO[C@H]1[C@@H](O[Si](c2ccccc2)(c2ccccc2)C(C)(C)C)[C@H](O[Si](c2ccccc2)(c2ccccc2)C(C)(C)C)[C@@H](O[Si](c2ccccc2)(c2ccccc2)C(C)(C)C)[C@H](O)[C@H]1O[Si](c1ccccc1)(c1ccccc1)C(C)(C)C. The molecule has 0 aromatic heterocycles. The zero-order valence-electron chi connectivity index (χ0n) is 50.0. The first kappa shape index (κ1) is 60.0. The molecule has 8 aromatic rings.